The van der Waals surface area contributed by atoms with E-state index < -0.39 is 0 Å². The Morgan fingerprint density at radius 3 is 2.43 bits per heavy atom. The zero-order valence-corrected chi connectivity index (χ0v) is 13.3. The van der Waals surface area contributed by atoms with Crippen LogP contribution in [0.25, 0.3) is 0 Å². The number of amides is 2. The van der Waals surface area contributed by atoms with Gasteiger partial charge in [-0.3, -0.25) is 9.59 Å². The van der Waals surface area contributed by atoms with E-state index in [2.05, 4.69) is 10.6 Å². The first kappa shape index (κ1) is 16.5. The van der Waals surface area contributed by atoms with Crippen LogP contribution in [-0.4, -0.2) is 25.0 Å². The Kier molecular flexibility index (Phi) is 5.74. The number of rotatable bonds is 6. The van der Waals surface area contributed by atoms with Crippen molar-refractivity contribution in [3.05, 3.63) is 59.7 Å². The van der Waals surface area contributed by atoms with Crippen LogP contribution < -0.4 is 15.4 Å². The summed E-state index contributed by atoms with van der Waals surface area (Å²) in [5.74, 6) is -0.115. The molecule has 5 nitrogen and oxygen atoms in total. The third-order valence-corrected chi connectivity index (χ3v) is 3.18. The molecule has 0 heterocycles. The molecule has 0 fully saturated rings. The maximum Gasteiger partial charge on any atom is 0.255 e. The Bertz CT molecular complexity index is 681. The highest BCUT2D eigenvalue weighted by Gasteiger charge is 2.13. The molecule has 0 aliphatic rings. The van der Waals surface area contributed by atoms with Crippen LogP contribution in [0.3, 0.4) is 0 Å². The molecular formula is C18H20N2O3. The van der Waals surface area contributed by atoms with Crippen molar-refractivity contribution >= 4 is 17.5 Å². The molecule has 2 N–H and O–H groups in total. The number of anilines is 1. The summed E-state index contributed by atoms with van der Waals surface area (Å²) in [6, 6.07) is 14.4. The van der Waals surface area contributed by atoms with E-state index in [1.54, 1.807) is 24.3 Å². The molecule has 0 bridgehead atoms. The van der Waals surface area contributed by atoms with E-state index >= 15 is 0 Å². The molecule has 2 aromatic rings. The zero-order valence-electron chi connectivity index (χ0n) is 13.3. The van der Waals surface area contributed by atoms with Crippen molar-refractivity contribution in [3.63, 3.8) is 0 Å². The highest BCUT2D eigenvalue weighted by atomic mass is 16.5. The minimum Gasteiger partial charge on any atom is -0.493 e. The van der Waals surface area contributed by atoms with E-state index in [4.69, 9.17) is 4.74 Å². The number of benzene rings is 2. The minimum atomic E-state index is -0.340. The van der Waals surface area contributed by atoms with Crippen molar-refractivity contribution in [1.29, 1.82) is 0 Å². The minimum absolute atomic E-state index is 0.104. The first-order valence-electron chi connectivity index (χ1n) is 7.46. The van der Waals surface area contributed by atoms with Crippen LogP contribution in [0.4, 0.5) is 5.69 Å². The first-order valence-corrected chi connectivity index (χ1v) is 7.46. The molecule has 0 aliphatic heterocycles. The van der Waals surface area contributed by atoms with Gasteiger partial charge in [0.15, 0.2) is 0 Å². The van der Waals surface area contributed by atoms with Crippen molar-refractivity contribution < 1.29 is 14.3 Å². The molecule has 2 rings (SSSR count). The summed E-state index contributed by atoms with van der Waals surface area (Å²) in [4.78, 5) is 24.1. The Balaban J connectivity index is 1.91. The van der Waals surface area contributed by atoms with Gasteiger partial charge in [0, 0.05) is 5.69 Å². The molecule has 5 heteroatoms. The Labute approximate surface area is 135 Å². The summed E-state index contributed by atoms with van der Waals surface area (Å²) in [6.45, 7) is 4.19. The third-order valence-electron chi connectivity index (χ3n) is 3.18. The van der Waals surface area contributed by atoms with Crippen LogP contribution in [0, 0.1) is 6.92 Å². The molecule has 0 radical (unpaired) electrons. The summed E-state index contributed by atoms with van der Waals surface area (Å²) in [6.07, 6.45) is 0. The molecule has 0 aliphatic carbocycles. The third kappa shape index (κ3) is 4.85. The van der Waals surface area contributed by atoms with E-state index in [1.807, 2.05) is 38.1 Å². The van der Waals surface area contributed by atoms with Gasteiger partial charge in [-0.2, -0.15) is 0 Å². The number of nitrogens with one attached hydrogen (secondary N) is 2. The topological polar surface area (TPSA) is 67.4 Å². The van der Waals surface area contributed by atoms with Crippen molar-refractivity contribution in [2.24, 2.45) is 0 Å². The standard InChI is InChI=1S/C18H20N2O3/c1-3-23-16-7-5-4-6-15(16)18(22)19-12-17(21)20-14-10-8-13(2)9-11-14/h4-11H,3,12H2,1-2H3,(H,19,22)(H,20,21). The molecule has 23 heavy (non-hydrogen) atoms. The molecular weight excluding hydrogens is 292 g/mol. The molecule has 120 valence electrons. The summed E-state index contributed by atoms with van der Waals surface area (Å²) >= 11 is 0. The lowest BCUT2D eigenvalue weighted by Crippen LogP contribution is -2.33. The van der Waals surface area contributed by atoms with Crippen LogP contribution in [0.5, 0.6) is 5.75 Å². The van der Waals surface area contributed by atoms with Gasteiger partial charge >= 0.3 is 0 Å². The highest BCUT2D eigenvalue weighted by Crippen LogP contribution is 2.17. The van der Waals surface area contributed by atoms with Crippen LogP contribution in [0.15, 0.2) is 48.5 Å². The van der Waals surface area contributed by atoms with E-state index in [0.29, 0.717) is 23.6 Å². The van der Waals surface area contributed by atoms with Crippen LogP contribution in [0.1, 0.15) is 22.8 Å². The van der Waals surface area contributed by atoms with Crippen LogP contribution in [0.2, 0.25) is 0 Å². The summed E-state index contributed by atoms with van der Waals surface area (Å²) < 4.78 is 5.41. The maximum absolute atomic E-state index is 12.2. The molecule has 0 aromatic heterocycles. The predicted molar refractivity (Wildman–Crippen MR) is 89.8 cm³/mol. The Hall–Kier alpha value is -2.82. The van der Waals surface area contributed by atoms with Gasteiger partial charge < -0.3 is 15.4 Å². The quantitative estimate of drug-likeness (QED) is 0.862. The van der Waals surface area contributed by atoms with Gasteiger partial charge in [-0.25, -0.2) is 0 Å². The van der Waals surface area contributed by atoms with Crippen molar-refractivity contribution in [1.82, 2.24) is 5.32 Å². The average Bonchev–Trinajstić information content (AvgIpc) is 2.56. The van der Waals surface area contributed by atoms with Crippen molar-refractivity contribution in [3.8, 4) is 5.75 Å². The normalized spacial score (nSPS) is 10.0. The molecule has 0 unspecified atom stereocenters. The molecule has 2 aromatic carbocycles. The largest absolute Gasteiger partial charge is 0.493 e. The molecule has 2 amide bonds. The number of carbonyl (C=O) groups excluding carboxylic acids is 2. The summed E-state index contributed by atoms with van der Waals surface area (Å²) in [7, 11) is 0. The van der Waals surface area contributed by atoms with E-state index in [-0.39, 0.29) is 18.4 Å². The lowest BCUT2D eigenvalue weighted by Gasteiger charge is -2.10. The number of aryl methyl sites for hydroxylation is 1. The fourth-order valence-electron chi connectivity index (χ4n) is 2.03. The van der Waals surface area contributed by atoms with E-state index in [0.717, 1.165) is 5.56 Å². The molecule has 0 atom stereocenters. The lowest BCUT2D eigenvalue weighted by atomic mass is 10.2. The van der Waals surface area contributed by atoms with Crippen molar-refractivity contribution in [2.75, 3.05) is 18.5 Å². The maximum atomic E-state index is 12.2. The number of para-hydroxylation sites is 1. The zero-order chi connectivity index (χ0) is 16.7. The number of hydrogen-bond acceptors (Lipinski definition) is 3. The van der Waals surface area contributed by atoms with E-state index in [1.165, 1.54) is 0 Å². The SMILES string of the molecule is CCOc1ccccc1C(=O)NCC(=O)Nc1ccc(C)cc1. The molecule has 0 saturated heterocycles. The van der Waals surface area contributed by atoms with Crippen LogP contribution >= 0.6 is 0 Å². The van der Waals surface area contributed by atoms with Gasteiger partial charge in [0.2, 0.25) is 5.91 Å². The number of ether oxygens (including phenoxy) is 1. The van der Waals surface area contributed by atoms with Gasteiger partial charge in [-0.15, -0.1) is 0 Å². The van der Waals surface area contributed by atoms with Gasteiger partial charge in [-0.1, -0.05) is 29.8 Å². The number of carbonyl (C=O) groups is 2. The molecule has 0 spiro atoms. The second-order valence-corrected chi connectivity index (χ2v) is 5.03. The van der Waals surface area contributed by atoms with Gasteiger partial charge in [-0.05, 0) is 38.1 Å². The smallest absolute Gasteiger partial charge is 0.255 e. The van der Waals surface area contributed by atoms with Gasteiger partial charge in [0.05, 0.1) is 18.7 Å². The summed E-state index contributed by atoms with van der Waals surface area (Å²) in [5.41, 5.74) is 2.23. The highest BCUT2D eigenvalue weighted by molar-refractivity contribution is 6.00. The van der Waals surface area contributed by atoms with Gasteiger partial charge in [0.25, 0.3) is 5.91 Å². The first-order chi connectivity index (χ1) is 11.1. The second kappa shape index (κ2) is 7.98. The number of hydrogen-bond donors (Lipinski definition) is 2. The Morgan fingerprint density at radius 2 is 1.74 bits per heavy atom. The lowest BCUT2D eigenvalue weighted by molar-refractivity contribution is -0.115. The van der Waals surface area contributed by atoms with Gasteiger partial charge in [0.1, 0.15) is 5.75 Å². The van der Waals surface area contributed by atoms with Crippen LogP contribution in [-0.2, 0) is 4.79 Å². The second-order valence-electron chi connectivity index (χ2n) is 5.03. The molecule has 0 saturated carbocycles. The fourth-order valence-corrected chi connectivity index (χ4v) is 2.03. The Morgan fingerprint density at radius 1 is 1.04 bits per heavy atom. The average molecular weight is 312 g/mol. The fraction of sp³-hybridized carbons (Fsp3) is 0.222. The summed E-state index contributed by atoms with van der Waals surface area (Å²) in [5, 5.41) is 5.33. The van der Waals surface area contributed by atoms with E-state index in [9.17, 15) is 9.59 Å². The predicted octanol–water partition coefficient (Wildman–Crippen LogP) is 2.76. The monoisotopic (exact) mass is 312 g/mol. The van der Waals surface area contributed by atoms with Crippen molar-refractivity contribution in [2.45, 2.75) is 13.8 Å².